The fourth-order valence-corrected chi connectivity index (χ4v) is 2.46. The van der Waals surface area contributed by atoms with Crippen molar-refractivity contribution in [1.29, 1.82) is 0 Å². The summed E-state index contributed by atoms with van der Waals surface area (Å²) >= 11 is 0. The van der Waals surface area contributed by atoms with Crippen molar-refractivity contribution in [3.05, 3.63) is 35.9 Å². The average Bonchev–Trinajstić information content (AvgIpc) is 2.57. The molecule has 0 aliphatic rings. The van der Waals surface area contributed by atoms with E-state index < -0.39 is 35.2 Å². The highest BCUT2D eigenvalue weighted by atomic mass is 16.6. The van der Waals surface area contributed by atoms with Crippen LogP contribution < -0.4 is 11.1 Å². The summed E-state index contributed by atoms with van der Waals surface area (Å²) in [6, 6.07) is 7.62. The topological polar surface area (TPSA) is 108 Å². The van der Waals surface area contributed by atoms with E-state index in [0.29, 0.717) is 6.42 Å². The quantitative estimate of drug-likeness (QED) is 0.642. The maximum Gasteiger partial charge on any atom is 0.329 e. The number of esters is 2. The Hall–Kier alpha value is -2.41. The molecule has 0 radical (unpaired) electrons. The smallest absolute Gasteiger partial charge is 0.329 e. The zero-order valence-corrected chi connectivity index (χ0v) is 18.3. The fourth-order valence-electron chi connectivity index (χ4n) is 2.46. The molecule has 0 aromatic heterocycles. The van der Waals surface area contributed by atoms with E-state index in [-0.39, 0.29) is 18.7 Å². The summed E-state index contributed by atoms with van der Waals surface area (Å²) in [5, 5.41) is 2.71. The average molecular weight is 407 g/mol. The van der Waals surface area contributed by atoms with Gasteiger partial charge in [-0.05, 0) is 53.5 Å². The Morgan fingerprint density at radius 1 is 0.931 bits per heavy atom. The summed E-state index contributed by atoms with van der Waals surface area (Å²) in [6.07, 6.45) is 0.418. The number of nitrogens with two attached hydrogens (primary N) is 1. The third kappa shape index (κ3) is 10.6. The number of hydrogen-bond acceptors (Lipinski definition) is 6. The van der Waals surface area contributed by atoms with Gasteiger partial charge in [-0.2, -0.15) is 0 Å². The van der Waals surface area contributed by atoms with Crippen LogP contribution in [0.3, 0.4) is 0 Å². The molecule has 0 fully saturated rings. The van der Waals surface area contributed by atoms with Crippen LogP contribution in [0.1, 0.15) is 59.9 Å². The van der Waals surface area contributed by atoms with Crippen molar-refractivity contribution in [3.8, 4) is 0 Å². The van der Waals surface area contributed by atoms with Gasteiger partial charge in [-0.3, -0.25) is 9.59 Å². The molecule has 1 aromatic carbocycles. The second-order valence-electron chi connectivity index (χ2n) is 9.02. The number of nitrogens with one attached hydrogen (secondary N) is 1. The van der Waals surface area contributed by atoms with Gasteiger partial charge in [0.2, 0.25) is 5.91 Å². The van der Waals surface area contributed by atoms with Gasteiger partial charge < -0.3 is 20.5 Å². The highest BCUT2D eigenvalue weighted by Crippen LogP contribution is 2.13. The molecule has 0 aliphatic heterocycles. The minimum atomic E-state index is -0.908. The van der Waals surface area contributed by atoms with Crippen molar-refractivity contribution in [3.63, 3.8) is 0 Å². The first-order valence-electron chi connectivity index (χ1n) is 9.81. The molecule has 0 bridgehead atoms. The monoisotopic (exact) mass is 406 g/mol. The van der Waals surface area contributed by atoms with Crippen LogP contribution in [0, 0.1) is 0 Å². The van der Waals surface area contributed by atoms with E-state index >= 15 is 0 Å². The van der Waals surface area contributed by atoms with Gasteiger partial charge in [0.25, 0.3) is 0 Å². The van der Waals surface area contributed by atoms with Crippen LogP contribution >= 0.6 is 0 Å². The van der Waals surface area contributed by atoms with Gasteiger partial charge in [-0.25, -0.2) is 4.79 Å². The van der Waals surface area contributed by atoms with Crippen LogP contribution in [0.15, 0.2) is 30.3 Å². The zero-order valence-electron chi connectivity index (χ0n) is 18.3. The van der Waals surface area contributed by atoms with E-state index in [9.17, 15) is 14.4 Å². The third-order valence-electron chi connectivity index (χ3n) is 3.70. The molecule has 29 heavy (non-hydrogen) atoms. The van der Waals surface area contributed by atoms with Gasteiger partial charge in [0.15, 0.2) is 0 Å². The maximum atomic E-state index is 12.6. The molecule has 1 rings (SSSR count). The van der Waals surface area contributed by atoms with Crippen molar-refractivity contribution in [2.45, 2.75) is 84.1 Å². The Kier molecular flexibility index (Phi) is 8.82. The van der Waals surface area contributed by atoms with Gasteiger partial charge >= 0.3 is 11.9 Å². The van der Waals surface area contributed by atoms with Crippen LogP contribution in [0.5, 0.6) is 0 Å². The fraction of sp³-hybridized carbons (Fsp3) is 0.591. The molecule has 3 N–H and O–H groups in total. The van der Waals surface area contributed by atoms with E-state index in [0.717, 1.165) is 5.56 Å². The number of benzene rings is 1. The molecular formula is C22H34N2O5. The predicted octanol–water partition coefficient (Wildman–Crippen LogP) is 2.50. The SMILES string of the molecule is CC(C)(C)OC(=O)[C@H](Cc1ccccc1)NC(=O)CC[C@H](N)C(=O)OC(C)(C)C. The summed E-state index contributed by atoms with van der Waals surface area (Å²) in [4.78, 5) is 36.9. The molecule has 0 heterocycles. The van der Waals surface area contributed by atoms with Crippen molar-refractivity contribution < 1.29 is 23.9 Å². The first-order valence-corrected chi connectivity index (χ1v) is 9.81. The van der Waals surface area contributed by atoms with Crippen molar-refractivity contribution >= 4 is 17.8 Å². The zero-order chi connectivity index (χ0) is 22.2. The molecule has 0 saturated heterocycles. The predicted molar refractivity (Wildman–Crippen MR) is 111 cm³/mol. The van der Waals surface area contributed by atoms with Crippen molar-refractivity contribution in [1.82, 2.24) is 5.32 Å². The first-order chi connectivity index (χ1) is 13.3. The molecule has 0 saturated carbocycles. The molecule has 0 unspecified atom stereocenters. The van der Waals surface area contributed by atoms with Gasteiger partial charge in [0, 0.05) is 12.8 Å². The summed E-state index contributed by atoms with van der Waals surface area (Å²) in [6.45, 7) is 10.6. The van der Waals surface area contributed by atoms with Gasteiger partial charge in [0.05, 0.1) is 0 Å². The number of ether oxygens (including phenoxy) is 2. The summed E-state index contributed by atoms with van der Waals surface area (Å²) in [5.74, 6) is -1.44. The second-order valence-corrected chi connectivity index (χ2v) is 9.02. The molecule has 0 aliphatic carbocycles. The lowest BCUT2D eigenvalue weighted by Crippen LogP contribution is -2.46. The Labute approximate surface area is 173 Å². The molecule has 1 aromatic rings. The number of carbonyl (C=O) groups is 3. The molecule has 7 nitrogen and oxygen atoms in total. The summed E-state index contributed by atoms with van der Waals surface area (Å²) < 4.78 is 10.7. The molecular weight excluding hydrogens is 372 g/mol. The highest BCUT2D eigenvalue weighted by Gasteiger charge is 2.28. The maximum absolute atomic E-state index is 12.6. The Morgan fingerprint density at radius 3 is 1.97 bits per heavy atom. The third-order valence-corrected chi connectivity index (χ3v) is 3.70. The number of carbonyl (C=O) groups excluding carboxylic acids is 3. The Balaban J connectivity index is 2.70. The molecule has 7 heteroatoms. The van der Waals surface area contributed by atoms with Gasteiger partial charge in [-0.1, -0.05) is 30.3 Å². The number of rotatable bonds is 8. The lowest BCUT2D eigenvalue weighted by atomic mass is 10.0. The van der Waals surface area contributed by atoms with E-state index in [1.165, 1.54) is 0 Å². The van der Waals surface area contributed by atoms with Crippen LogP contribution in [-0.4, -0.2) is 41.1 Å². The number of amides is 1. The lowest BCUT2D eigenvalue weighted by Gasteiger charge is -2.25. The standard InChI is InChI=1S/C22H34N2O5/c1-21(2,3)28-19(26)16(23)12-13-18(25)24-17(20(27)29-22(4,5)6)14-15-10-8-7-9-11-15/h7-11,16-17H,12-14,23H2,1-6H3,(H,24,25)/t16-,17-/m0/s1. The van der Waals surface area contributed by atoms with E-state index in [1.54, 1.807) is 41.5 Å². The largest absolute Gasteiger partial charge is 0.459 e. The minimum absolute atomic E-state index is 0.00546. The van der Waals surface area contributed by atoms with E-state index in [1.807, 2.05) is 30.3 Å². The Bertz CT molecular complexity index is 689. The van der Waals surface area contributed by atoms with Crippen molar-refractivity contribution in [2.75, 3.05) is 0 Å². The molecule has 1 amide bonds. The van der Waals surface area contributed by atoms with Crippen LogP contribution in [-0.2, 0) is 30.3 Å². The minimum Gasteiger partial charge on any atom is -0.459 e. The molecule has 2 atom stereocenters. The normalized spacial score (nSPS) is 13.9. The molecule has 162 valence electrons. The highest BCUT2D eigenvalue weighted by molar-refractivity contribution is 5.85. The Morgan fingerprint density at radius 2 is 1.45 bits per heavy atom. The van der Waals surface area contributed by atoms with Crippen molar-refractivity contribution in [2.24, 2.45) is 5.73 Å². The number of hydrogen-bond donors (Lipinski definition) is 2. The second kappa shape index (κ2) is 10.4. The van der Waals surface area contributed by atoms with E-state index in [2.05, 4.69) is 5.32 Å². The first kappa shape index (κ1) is 24.6. The molecule has 0 spiro atoms. The van der Waals surface area contributed by atoms with Gasteiger partial charge in [0.1, 0.15) is 23.3 Å². The van der Waals surface area contributed by atoms with Crippen LogP contribution in [0.2, 0.25) is 0 Å². The lowest BCUT2D eigenvalue weighted by molar-refractivity contribution is -0.159. The summed E-state index contributed by atoms with van der Waals surface area (Å²) in [7, 11) is 0. The van der Waals surface area contributed by atoms with Crippen LogP contribution in [0.4, 0.5) is 0 Å². The van der Waals surface area contributed by atoms with Gasteiger partial charge in [-0.15, -0.1) is 0 Å². The van der Waals surface area contributed by atoms with E-state index in [4.69, 9.17) is 15.2 Å². The van der Waals surface area contributed by atoms with Crippen LogP contribution in [0.25, 0.3) is 0 Å². The summed E-state index contributed by atoms with van der Waals surface area (Å²) in [5.41, 5.74) is 5.41.